The zero-order chi connectivity index (χ0) is 20.0. The minimum Gasteiger partial charge on any atom is -0.481 e. The molecule has 1 saturated heterocycles. The third kappa shape index (κ3) is 2.92. The zero-order valence-corrected chi connectivity index (χ0v) is 15.7. The number of carbonyl (C=O) groups excluding carboxylic acids is 1. The first-order chi connectivity index (χ1) is 12.6. The first-order valence-electron chi connectivity index (χ1n) is 8.76. The molecule has 0 aromatic carbocycles. The van der Waals surface area contributed by atoms with E-state index in [0.717, 1.165) is 4.57 Å². The van der Waals surface area contributed by atoms with Gasteiger partial charge in [0.05, 0.1) is 11.3 Å². The minimum atomic E-state index is -0.923. The normalized spacial score (nSPS) is 20.1. The summed E-state index contributed by atoms with van der Waals surface area (Å²) in [6, 6.07) is 1.06. The van der Waals surface area contributed by atoms with Crippen LogP contribution >= 0.6 is 0 Å². The van der Waals surface area contributed by atoms with Gasteiger partial charge in [-0.25, -0.2) is 9.78 Å². The van der Waals surface area contributed by atoms with Crippen LogP contribution in [0, 0.1) is 12.8 Å². The Kier molecular flexibility index (Phi) is 4.63. The Hall–Kier alpha value is -2.97. The largest absolute Gasteiger partial charge is 0.481 e. The Morgan fingerprint density at radius 2 is 1.89 bits per heavy atom. The lowest BCUT2D eigenvalue weighted by atomic mass is 9.90. The highest BCUT2D eigenvalue weighted by molar-refractivity contribution is 5.95. The number of aliphatic carboxylic acids is 1. The summed E-state index contributed by atoms with van der Waals surface area (Å²) in [5.74, 6) is -1.94. The Bertz CT molecular complexity index is 1070. The molecule has 9 nitrogen and oxygen atoms in total. The summed E-state index contributed by atoms with van der Waals surface area (Å²) in [4.78, 5) is 54.9. The quantitative estimate of drug-likeness (QED) is 0.807. The molecule has 0 spiro atoms. The van der Waals surface area contributed by atoms with Crippen molar-refractivity contribution in [3.63, 3.8) is 0 Å². The molecule has 2 atom stereocenters. The second-order valence-electron chi connectivity index (χ2n) is 7.05. The molecule has 0 aliphatic carbocycles. The SMILES string of the molecule is Cc1cc(C(=O)N2CCC[C@@H](C(=O)O)[C@H]2C)nc2c1c(=O)n(C)c(=O)n2C. The zero-order valence-electron chi connectivity index (χ0n) is 15.7. The fraction of sp³-hybridized carbons (Fsp3) is 0.500. The van der Waals surface area contributed by atoms with Crippen LogP contribution in [-0.2, 0) is 18.9 Å². The number of carboxylic acid groups (broad SMARTS) is 1. The Labute approximate surface area is 154 Å². The topological polar surface area (TPSA) is 114 Å². The number of aryl methyl sites for hydroxylation is 2. The third-order valence-corrected chi connectivity index (χ3v) is 5.39. The second kappa shape index (κ2) is 6.64. The molecule has 1 fully saturated rings. The Morgan fingerprint density at radius 3 is 2.52 bits per heavy atom. The molecular formula is C18H22N4O5. The standard InChI is InChI=1S/C18H22N4O5/c1-9-8-12(15(23)22-7-5-6-11(10(22)2)17(25)26)19-14-13(9)16(24)21(4)18(27)20(14)3/h8,10-11H,5-7H2,1-4H3,(H,25,26)/t10-,11-/m1/s1. The van der Waals surface area contributed by atoms with Gasteiger partial charge in [-0.15, -0.1) is 0 Å². The van der Waals surface area contributed by atoms with Crippen LogP contribution in [-0.4, -0.2) is 48.6 Å². The molecule has 0 saturated carbocycles. The molecular weight excluding hydrogens is 352 g/mol. The van der Waals surface area contributed by atoms with Crippen LogP contribution in [0.3, 0.4) is 0 Å². The van der Waals surface area contributed by atoms with Gasteiger partial charge in [0, 0.05) is 26.7 Å². The number of aromatic nitrogens is 3. The Balaban J connectivity index is 2.12. The van der Waals surface area contributed by atoms with E-state index >= 15 is 0 Å². The van der Waals surface area contributed by atoms with Gasteiger partial charge in [-0.3, -0.25) is 23.5 Å². The van der Waals surface area contributed by atoms with Crippen molar-refractivity contribution in [3.05, 3.63) is 38.2 Å². The lowest BCUT2D eigenvalue weighted by Crippen LogP contribution is -2.49. The fourth-order valence-corrected chi connectivity index (χ4v) is 3.75. The van der Waals surface area contributed by atoms with Crippen molar-refractivity contribution in [1.82, 2.24) is 19.0 Å². The monoisotopic (exact) mass is 374 g/mol. The summed E-state index contributed by atoms with van der Waals surface area (Å²) >= 11 is 0. The highest BCUT2D eigenvalue weighted by Crippen LogP contribution is 2.25. The van der Waals surface area contributed by atoms with Crippen molar-refractivity contribution in [2.24, 2.45) is 20.0 Å². The summed E-state index contributed by atoms with van der Waals surface area (Å²) in [5, 5.41) is 9.64. The molecule has 1 N–H and O–H groups in total. The number of carboxylic acids is 1. The molecule has 1 amide bonds. The van der Waals surface area contributed by atoms with Gasteiger partial charge in [-0.05, 0) is 38.3 Å². The van der Waals surface area contributed by atoms with Crippen molar-refractivity contribution in [1.29, 1.82) is 0 Å². The van der Waals surface area contributed by atoms with Crippen molar-refractivity contribution in [3.8, 4) is 0 Å². The molecule has 27 heavy (non-hydrogen) atoms. The maximum absolute atomic E-state index is 13.0. The number of carbonyl (C=O) groups is 2. The average molecular weight is 374 g/mol. The van der Waals surface area contributed by atoms with Gasteiger partial charge >= 0.3 is 11.7 Å². The van der Waals surface area contributed by atoms with Crippen LogP contribution < -0.4 is 11.2 Å². The van der Waals surface area contributed by atoms with Gasteiger partial charge < -0.3 is 10.0 Å². The van der Waals surface area contributed by atoms with Crippen molar-refractivity contribution < 1.29 is 14.7 Å². The van der Waals surface area contributed by atoms with E-state index in [0.29, 0.717) is 24.9 Å². The van der Waals surface area contributed by atoms with Gasteiger partial charge in [0.25, 0.3) is 11.5 Å². The predicted octanol–water partition coefficient (Wildman–Crippen LogP) is 0.266. The highest BCUT2D eigenvalue weighted by Gasteiger charge is 2.36. The van der Waals surface area contributed by atoms with Crippen LogP contribution in [0.5, 0.6) is 0 Å². The van der Waals surface area contributed by atoms with Crippen LogP contribution in [0.25, 0.3) is 11.0 Å². The van der Waals surface area contributed by atoms with Gasteiger partial charge in [0.15, 0.2) is 0 Å². The smallest absolute Gasteiger partial charge is 0.332 e. The number of hydrogen-bond donors (Lipinski definition) is 1. The molecule has 1 aliphatic heterocycles. The van der Waals surface area contributed by atoms with E-state index in [1.807, 2.05) is 0 Å². The Morgan fingerprint density at radius 1 is 1.22 bits per heavy atom. The molecule has 144 valence electrons. The number of hydrogen-bond acceptors (Lipinski definition) is 5. The number of rotatable bonds is 2. The van der Waals surface area contributed by atoms with E-state index in [1.54, 1.807) is 13.8 Å². The van der Waals surface area contributed by atoms with Crippen molar-refractivity contribution >= 4 is 22.9 Å². The number of pyridine rings is 1. The van der Waals surface area contributed by atoms with Crippen LogP contribution in [0.1, 0.15) is 35.8 Å². The van der Waals surface area contributed by atoms with Crippen LogP contribution in [0.4, 0.5) is 0 Å². The number of amides is 1. The summed E-state index contributed by atoms with van der Waals surface area (Å²) < 4.78 is 2.24. The molecule has 2 aromatic heterocycles. The molecule has 1 aliphatic rings. The first-order valence-corrected chi connectivity index (χ1v) is 8.76. The van der Waals surface area contributed by atoms with Gasteiger partial charge in [-0.2, -0.15) is 0 Å². The van der Waals surface area contributed by atoms with E-state index in [4.69, 9.17) is 0 Å². The van der Waals surface area contributed by atoms with Gasteiger partial charge in [0.1, 0.15) is 11.3 Å². The number of fused-ring (bicyclic) bond motifs is 1. The van der Waals surface area contributed by atoms with E-state index in [2.05, 4.69) is 4.98 Å². The van der Waals surface area contributed by atoms with E-state index < -0.39 is 35.1 Å². The second-order valence-corrected chi connectivity index (χ2v) is 7.05. The predicted molar refractivity (Wildman–Crippen MR) is 97.8 cm³/mol. The molecule has 2 aromatic rings. The van der Waals surface area contributed by atoms with Crippen molar-refractivity contribution in [2.45, 2.75) is 32.7 Å². The number of piperidine rings is 1. The highest BCUT2D eigenvalue weighted by atomic mass is 16.4. The summed E-state index contributed by atoms with van der Waals surface area (Å²) in [7, 11) is 2.89. The average Bonchev–Trinajstić information content (AvgIpc) is 2.63. The lowest BCUT2D eigenvalue weighted by molar-refractivity contribution is -0.144. The molecule has 0 bridgehead atoms. The molecule has 0 unspecified atom stereocenters. The molecule has 3 rings (SSSR count). The summed E-state index contributed by atoms with van der Waals surface area (Å²) in [6.45, 7) is 3.85. The molecule has 9 heteroatoms. The van der Waals surface area contributed by atoms with Crippen LogP contribution in [0.2, 0.25) is 0 Å². The van der Waals surface area contributed by atoms with Gasteiger partial charge in [-0.1, -0.05) is 0 Å². The maximum atomic E-state index is 13.0. The van der Waals surface area contributed by atoms with Gasteiger partial charge in [0.2, 0.25) is 0 Å². The minimum absolute atomic E-state index is 0.0983. The molecule has 3 heterocycles. The third-order valence-electron chi connectivity index (χ3n) is 5.39. The number of likely N-dealkylation sites (tertiary alicyclic amines) is 1. The summed E-state index contributed by atoms with van der Waals surface area (Å²) in [5.41, 5.74) is -0.207. The number of nitrogens with zero attached hydrogens (tertiary/aromatic N) is 4. The first kappa shape index (κ1) is 18.8. The fourth-order valence-electron chi connectivity index (χ4n) is 3.75. The van der Waals surface area contributed by atoms with E-state index in [-0.39, 0.29) is 16.7 Å². The van der Waals surface area contributed by atoms with Crippen LogP contribution in [0.15, 0.2) is 15.7 Å². The maximum Gasteiger partial charge on any atom is 0.332 e. The van der Waals surface area contributed by atoms with Crippen molar-refractivity contribution in [2.75, 3.05) is 6.54 Å². The lowest BCUT2D eigenvalue weighted by Gasteiger charge is -2.37. The molecule has 0 radical (unpaired) electrons. The van der Waals surface area contributed by atoms with E-state index in [1.165, 1.54) is 29.6 Å². The summed E-state index contributed by atoms with van der Waals surface area (Å²) in [6.07, 6.45) is 1.12. The van der Waals surface area contributed by atoms with E-state index in [9.17, 15) is 24.3 Å².